The molecular weight excluding hydrogens is 216 g/mol. The third kappa shape index (κ3) is 1.29. The van der Waals surface area contributed by atoms with Crippen molar-refractivity contribution in [2.24, 2.45) is 5.41 Å². The number of aliphatic carboxylic acids is 1. The van der Waals surface area contributed by atoms with Gasteiger partial charge in [0, 0.05) is 12.5 Å². The number of carboxylic acids is 1. The Balaban J connectivity index is 2.74. The summed E-state index contributed by atoms with van der Waals surface area (Å²) in [7, 11) is 1.64. The fourth-order valence-corrected chi connectivity index (χ4v) is 2.99. The van der Waals surface area contributed by atoms with E-state index >= 15 is 0 Å². The minimum absolute atomic E-state index is 0.181. The van der Waals surface area contributed by atoms with Gasteiger partial charge in [-0.15, -0.1) is 0 Å². The molecule has 1 aliphatic rings. The average molecular weight is 234 g/mol. The van der Waals surface area contributed by atoms with E-state index in [0.29, 0.717) is 0 Å². The SMILES string of the molecule is CO[C@H]1c2ccccc2[C@@](C)(C(=O)O)C1(C)C. The molecule has 3 heteroatoms. The molecule has 2 atom stereocenters. The molecule has 1 aliphatic carbocycles. The van der Waals surface area contributed by atoms with Crippen LogP contribution in [0.1, 0.15) is 38.0 Å². The maximum absolute atomic E-state index is 11.7. The number of carbonyl (C=O) groups is 1. The first-order valence-corrected chi connectivity index (χ1v) is 5.73. The van der Waals surface area contributed by atoms with Crippen LogP contribution in [-0.4, -0.2) is 18.2 Å². The summed E-state index contributed by atoms with van der Waals surface area (Å²) in [6, 6.07) is 7.66. The van der Waals surface area contributed by atoms with Crippen LogP contribution in [0.3, 0.4) is 0 Å². The predicted molar refractivity (Wildman–Crippen MR) is 65.0 cm³/mol. The molecule has 2 rings (SSSR count). The molecule has 1 N–H and O–H groups in total. The van der Waals surface area contributed by atoms with Crippen molar-refractivity contribution in [3.8, 4) is 0 Å². The number of ether oxygens (including phenoxy) is 1. The molecular formula is C14H18O3. The van der Waals surface area contributed by atoms with E-state index < -0.39 is 16.8 Å². The highest BCUT2D eigenvalue weighted by Gasteiger charge is 2.59. The molecule has 0 fully saturated rings. The van der Waals surface area contributed by atoms with Crippen LogP contribution in [0.4, 0.5) is 0 Å². The van der Waals surface area contributed by atoms with Crippen molar-refractivity contribution in [1.82, 2.24) is 0 Å². The number of benzene rings is 1. The Bertz CT molecular complexity index is 464. The van der Waals surface area contributed by atoms with Crippen LogP contribution in [0.2, 0.25) is 0 Å². The van der Waals surface area contributed by atoms with Crippen molar-refractivity contribution in [2.45, 2.75) is 32.3 Å². The van der Waals surface area contributed by atoms with E-state index in [2.05, 4.69) is 0 Å². The molecule has 1 aromatic carbocycles. The predicted octanol–water partition coefficient (Wildman–Crippen LogP) is 2.76. The van der Waals surface area contributed by atoms with Crippen molar-refractivity contribution in [1.29, 1.82) is 0 Å². The van der Waals surface area contributed by atoms with Gasteiger partial charge >= 0.3 is 5.97 Å². The molecule has 92 valence electrons. The van der Waals surface area contributed by atoms with E-state index in [4.69, 9.17) is 4.74 Å². The largest absolute Gasteiger partial charge is 0.481 e. The molecule has 0 saturated carbocycles. The van der Waals surface area contributed by atoms with Crippen molar-refractivity contribution in [3.05, 3.63) is 35.4 Å². The Morgan fingerprint density at radius 3 is 2.41 bits per heavy atom. The Kier molecular flexibility index (Phi) is 2.54. The maximum Gasteiger partial charge on any atom is 0.314 e. The van der Waals surface area contributed by atoms with Crippen LogP contribution in [0, 0.1) is 5.41 Å². The maximum atomic E-state index is 11.7. The molecule has 0 aromatic heterocycles. The average Bonchev–Trinajstić information content (AvgIpc) is 2.45. The molecule has 3 nitrogen and oxygen atoms in total. The van der Waals surface area contributed by atoms with Gasteiger partial charge in [-0.3, -0.25) is 4.79 Å². The Labute approximate surface area is 101 Å². The summed E-state index contributed by atoms with van der Waals surface area (Å²) >= 11 is 0. The van der Waals surface area contributed by atoms with Gasteiger partial charge in [0.1, 0.15) is 0 Å². The first-order chi connectivity index (χ1) is 7.87. The lowest BCUT2D eigenvalue weighted by Crippen LogP contribution is -2.44. The van der Waals surface area contributed by atoms with Crippen LogP contribution in [0.15, 0.2) is 24.3 Å². The normalized spacial score (nSPS) is 30.0. The zero-order valence-electron chi connectivity index (χ0n) is 10.7. The molecule has 0 heterocycles. The molecule has 0 spiro atoms. The minimum Gasteiger partial charge on any atom is -0.481 e. The number of fused-ring (bicyclic) bond motifs is 1. The monoisotopic (exact) mass is 234 g/mol. The summed E-state index contributed by atoms with van der Waals surface area (Å²) < 4.78 is 5.54. The van der Waals surface area contributed by atoms with Gasteiger partial charge in [0.25, 0.3) is 0 Å². The number of rotatable bonds is 2. The highest BCUT2D eigenvalue weighted by molar-refractivity contribution is 5.84. The number of carboxylic acid groups (broad SMARTS) is 1. The second-order valence-corrected chi connectivity index (χ2v) is 5.35. The fourth-order valence-electron chi connectivity index (χ4n) is 2.99. The molecule has 17 heavy (non-hydrogen) atoms. The van der Waals surface area contributed by atoms with E-state index in [1.807, 2.05) is 38.1 Å². The number of hydrogen-bond acceptors (Lipinski definition) is 2. The zero-order chi connectivity index (χ0) is 12.8. The first-order valence-electron chi connectivity index (χ1n) is 5.73. The third-order valence-corrected chi connectivity index (χ3v) is 4.39. The fraction of sp³-hybridized carbons (Fsp3) is 0.500. The van der Waals surface area contributed by atoms with Gasteiger partial charge in [-0.05, 0) is 18.1 Å². The van der Waals surface area contributed by atoms with Crippen molar-refractivity contribution < 1.29 is 14.6 Å². The van der Waals surface area contributed by atoms with Crippen molar-refractivity contribution in [3.63, 3.8) is 0 Å². The summed E-state index contributed by atoms with van der Waals surface area (Å²) in [6.07, 6.45) is -0.181. The molecule has 0 bridgehead atoms. The zero-order valence-corrected chi connectivity index (χ0v) is 10.7. The van der Waals surface area contributed by atoms with Gasteiger partial charge < -0.3 is 9.84 Å². The van der Waals surface area contributed by atoms with Crippen LogP contribution < -0.4 is 0 Å². The Hall–Kier alpha value is -1.35. The van der Waals surface area contributed by atoms with Crippen LogP contribution in [-0.2, 0) is 14.9 Å². The Morgan fingerprint density at radius 1 is 1.29 bits per heavy atom. The van der Waals surface area contributed by atoms with Gasteiger partial charge in [-0.2, -0.15) is 0 Å². The van der Waals surface area contributed by atoms with E-state index in [9.17, 15) is 9.90 Å². The molecule has 0 unspecified atom stereocenters. The topological polar surface area (TPSA) is 46.5 Å². The van der Waals surface area contributed by atoms with Crippen LogP contribution in [0.5, 0.6) is 0 Å². The molecule has 1 aromatic rings. The van der Waals surface area contributed by atoms with Gasteiger partial charge in [-0.25, -0.2) is 0 Å². The lowest BCUT2D eigenvalue weighted by atomic mass is 9.66. The number of hydrogen-bond donors (Lipinski definition) is 1. The van der Waals surface area contributed by atoms with E-state index in [1.165, 1.54) is 0 Å². The number of methoxy groups -OCH3 is 1. The van der Waals surface area contributed by atoms with Crippen molar-refractivity contribution >= 4 is 5.97 Å². The Morgan fingerprint density at radius 2 is 1.88 bits per heavy atom. The van der Waals surface area contributed by atoms with Gasteiger partial charge in [0.05, 0.1) is 11.5 Å². The summed E-state index contributed by atoms with van der Waals surface area (Å²) in [5.74, 6) is -0.797. The molecule has 0 radical (unpaired) electrons. The summed E-state index contributed by atoms with van der Waals surface area (Å²) in [5, 5.41) is 9.61. The second-order valence-electron chi connectivity index (χ2n) is 5.35. The summed E-state index contributed by atoms with van der Waals surface area (Å²) in [6.45, 7) is 5.69. The standard InChI is InChI=1S/C14H18O3/c1-13(2)11(17-4)9-7-5-6-8-10(9)14(13,3)12(15)16/h5-8,11H,1-4H3,(H,15,16)/t11-,14-/m0/s1. The van der Waals surface area contributed by atoms with E-state index in [1.54, 1.807) is 14.0 Å². The highest BCUT2D eigenvalue weighted by atomic mass is 16.5. The summed E-state index contributed by atoms with van der Waals surface area (Å²) in [5.41, 5.74) is 0.468. The van der Waals surface area contributed by atoms with Gasteiger partial charge in [0.15, 0.2) is 0 Å². The van der Waals surface area contributed by atoms with Gasteiger partial charge in [0.2, 0.25) is 0 Å². The molecule has 0 saturated heterocycles. The van der Waals surface area contributed by atoms with Crippen LogP contribution >= 0.6 is 0 Å². The third-order valence-electron chi connectivity index (χ3n) is 4.39. The quantitative estimate of drug-likeness (QED) is 0.855. The van der Waals surface area contributed by atoms with Crippen LogP contribution in [0.25, 0.3) is 0 Å². The van der Waals surface area contributed by atoms with E-state index in [-0.39, 0.29) is 6.10 Å². The smallest absolute Gasteiger partial charge is 0.314 e. The summed E-state index contributed by atoms with van der Waals surface area (Å²) in [4.78, 5) is 11.7. The van der Waals surface area contributed by atoms with Crippen molar-refractivity contribution in [2.75, 3.05) is 7.11 Å². The lowest BCUT2D eigenvalue weighted by Gasteiger charge is -2.38. The van der Waals surface area contributed by atoms with Gasteiger partial charge in [-0.1, -0.05) is 38.1 Å². The minimum atomic E-state index is -0.912. The second kappa shape index (κ2) is 3.57. The lowest BCUT2D eigenvalue weighted by molar-refractivity contribution is -0.151. The highest BCUT2D eigenvalue weighted by Crippen LogP contribution is 2.58. The van der Waals surface area contributed by atoms with E-state index in [0.717, 1.165) is 11.1 Å². The molecule has 0 amide bonds. The molecule has 0 aliphatic heterocycles. The first kappa shape index (κ1) is 12.1.